The molecule has 0 fully saturated rings. The van der Waals surface area contributed by atoms with E-state index in [9.17, 15) is 24.5 Å². The van der Waals surface area contributed by atoms with Crippen LogP contribution in [0.1, 0.15) is 20.7 Å². The molecule has 0 aliphatic heterocycles. The van der Waals surface area contributed by atoms with Crippen molar-refractivity contribution in [1.29, 1.82) is 0 Å². The molecule has 0 bridgehead atoms. The first kappa shape index (κ1) is 19.4. The number of hydrogen-bond acceptors (Lipinski definition) is 7. The van der Waals surface area contributed by atoms with Gasteiger partial charge in [0.15, 0.2) is 6.61 Å². The molecule has 0 atom stereocenters. The SMILES string of the molecule is COc1ccc(C(=O)OCC(=O)NNC(=O)c2cccc([N+](=O)[O-])c2)cc1. The molecule has 0 aliphatic carbocycles. The predicted molar refractivity (Wildman–Crippen MR) is 92.0 cm³/mol. The minimum absolute atomic E-state index is 0.0141. The van der Waals surface area contributed by atoms with Gasteiger partial charge in [0.2, 0.25) is 0 Å². The molecule has 2 rings (SSSR count). The summed E-state index contributed by atoms with van der Waals surface area (Å²) in [5.74, 6) is -1.70. The number of non-ortho nitro benzene ring substituents is 1. The number of carbonyl (C=O) groups excluding carboxylic acids is 3. The number of ether oxygens (including phenoxy) is 2. The second-order valence-electron chi connectivity index (χ2n) is 5.11. The van der Waals surface area contributed by atoms with E-state index in [0.717, 1.165) is 6.07 Å². The third-order valence-corrected chi connectivity index (χ3v) is 3.29. The quantitative estimate of drug-likeness (QED) is 0.441. The van der Waals surface area contributed by atoms with Crippen molar-refractivity contribution in [3.8, 4) is 5.75 Å². The highest BCUT2D eigenvalue weighted by Gasteiger charge is 2.14. The Hall–Kier alpha value is -3.95. The van der Waals surface area contributed by atoms with Gasteiger partial charge < -0.3 is 9.47 Å². The molecule has 0 radical (unpaired) electrons. The maximum absolute atomic E-state index is 11.9. The fraction of sp³-hybridized carbons (Fsp3) is 0.118. The summed E-state index contributed by atoms with van der Waals surface area (Å²) in [6.45, 7) is -0.625. The Morgan fingerprint density at radius 3 is 2.37 bits per heavy atom. The number of esters is 1. The van der Waals surface area contributed by atoms with Crippen LogP contribution < -0.4 is 15.6 Å². The van der Waals surface area contributed by atoms with Gasteiger partial charge in [-0.2, -0.15) is 0 Å². The van der Waals surface area contributed by atoms with E-state index in [-0.39, 0.29) is 16.8 Å². The Bertz CT molecular complexity index is 865. The lowest BCUT2D eigenvalue weighted by atomic mass is 10.2. The number of rotatable bonds is 6. The van der Waals surface area contributed by atoms with Crippen LogP contribution in [-0.4, -0.2) is 36.4 Å². The molecule has 2 aromatic carbocycles. The van der Waals surface area contributed by atoms with Crippen LogP contribution in [0.3, 0.4) is 0 Å². The second kappa shape index (κ2) is 8.94. The summed E-state index contributed by atoms with van der Waals surface area (Å²) >= 11 is 0. The molecule has 140 valence electrons. The maximum Gasteiger partial charge on any atom is 0.338 e. The molecule has 0 saturated carbocycles. The number of hydrogen-bond donors (Lipinski definition) is 2. The fourth-order valence-electron chi connectivity index (χ4n) is 1.94. The van der Waals surface area contributed by atoms with E-state index >= 15 is 0 Å². The molecule has 10 heteroatoms. The van der Waals surface area contributed by atoms with E-state index < -0.39 is 29.3 Å². The first-order chi connectivity index (χ1) is 12.9. The summed E-state index contributed by atoms with van der Waals surface area (Å²) in [5.41, 5.74) is 4.07. The molecule has 2 amide bonds. The van der Waals surface area contributed by atoms with Gasteiger partial charge in [-0.15, -0.1) is 0 Å². The number of amides is 2. The molecule has 0 spiro atoms. The van der Waals surface area contributed by atoms with Gasteiger partial charge in [-0.25, -0.2) is 4.79 Å². The van der Waals surface area contributed by atoms with Crippen LogP contribution in [-0.2, 0) is 9.53 Å². The third-order valence-electron chi connectivity index (χ3n) is 3.29. The summed E-state index contributed by atoms with van der Waals surface area (Å²) in [5, 5.41) is 10.7. The zero-order chi connectivity index (χ0) is 19.8. The number of nitrogens with one attached hydrogen (secondary N) is 2. The van der Waals surface area contributed by atoms with Gasteiger partial charge in [0.25, 0.3) is 17.5 Å². The minimum atomic E-state index is -0.782. The zero-order valence-corrected chi connectivity index (χ0v) is 14.1. The zero-order valence-electron chi connectivity index (χ0n) is 14.1. The number of methoxy groups -OCH3 is 1. The molecule has 0 aliphatic rings. The number of nitro benzene ring substituents is 1. The van der Waals surface area contributed by atoms with E-state index in [0.29, 0.717) is 5.75 Å². The standard InChI is InChI=1S/C17H15N3O7/c1-26-14-7-5-11(6-8-14)17(23)27-10-15(21)18-19-16(22)12-3-2-4-13(9-12)20(24)25/h2-9H,10H2,1H3,(H,18,21)(H,19,22). The molecular formula is C17H15N3O7. The topological polar surface area (TPSA) is 137 Å². The highest BCUT2D eigenvalue weighted by atomic mass is 16.6. The first-order valence-electron chi connectivity index (χ1n) is 7.55. The Morgan fingerprint density at radius 1 is 1.04 bits per heavy atom. The van der Waals surface area contributed by atoms with E-state index in [1.54, 1.807) is 12.1 Å². The smallest absolute Gasteiger partial charge is 0.338 e. The van der Waals surface area contributed by atoms with Gasteiger partial charge in [0.1, 0.15) is 5.75 Å². The molecule has 27 heavy (non-hydrogen) atoms. The molecule has 10 nitrogen and oxygen atoms in total. The van der Waals surface area contributed by atoms with Crippen molar-refractivity contribution in [2.75, 3.05) is 13.7 Å². The van der Waals surface area contributed by atoms with Crippen LogP contribution >= 0.6 is 0 Å². The van der Waals surface area contributed by atoms with Crippen molar-refractivity contribution in [2.24, 2.45) is 0 Å². The Morgan fingerprint density at radius 2 is 1.74 bits per heavy atom. The van der Waals surface area contributed by atoms with Crippen LogP contribution in [0.4, 0.5) is 5.69 Å². The highest BCUT2D eigenvalue weighted by Crippen LogP contribution is 2.13. The second-order valence-corrected chi connectivity index (χ2v) is 5.11. The Labute approximate surface area is 153 Å². The molecule has 2 N–H and O–H groups in total. The maximum atomic E-state index is 11.9. The molecule has 2 aromatic rings. The predicted octanol–water partition coefficient (Wildman–Crippen LogP) is 1.22. The largest absolute Gasteiger partial charge is 0.497 e. The van der Waals surface area contributed by atoms with Crippen molar-refractivity contribution < 1.29 is 28.8 Å². The summed E-state index contributed by atoms with van der Waals surface area (Å²) < 4.78 is 9.78. The van der Waals surface area contributed by atoms with Crippen molar-refractivity contribution in [3.05, 3.63) is 69.8 Å². The van der Waals surface area contributed by atoms with Crippen molar-refractivity contribution in [3.63, 3.8) is 0 Å². The van der Waals surface area contributed by atoms with Gasteiger partial charge >= 0.3 is 5.97 Å². The summed E-state index contributed by atoms with van der Waals surface area (Å²) in [6.07, 6.45) is 0. The normalized spacial score (nSPS) is 9.81. The van der Waals surface area contributed by atoms with Crippen molar-refractivity contribution in [1.82, 2.24) is 10.9 Å². The number of nitro groups is 1. The van der Waals surface area contributed by atoms with E-state index in [2.05, 4.69) is 5.43 Å². The molecular weight excluding hydrogens is 358 g/mol. The number of nitrogens with zero attached hydrogens (tertiary/aromatic N) is 1. The van der Waals surface area contributed by atoms with Crippen molar-refractivity contribution >= 4 is 23.5 Å². The average molecular weight is 373 g/mol. The average Bonchev–Trinajstić information content (AvgIpc) is 2.70. The van der Waals surface area contributed by atoms with Gasteiger partial charge in [-0.1, -0.05) is 6.07 Å². The fourth-order valence-corrected chi connectivity index (χ4v) is 1.94. The van der Waals surface area contributed by atoms with Crippen LogP contribution in [0.2, 0.25) is 0 Å². The lowest BCUT2D eigenvalue weighted by molar-refractivity contribution is -0.384. The summed E-state index contributed by atoms with van der Waals surface area (Å²) in [6, 6.07) is 11.1. The van der Waals surface area contributed by atoms with E-state index in [4.69, 9.17) is 9.47 Å². The van der Waals surface area contributed by atoms with Crippen LogP contribution in [0.15, 0.2) is 48.5 Å². The lowest BCUT2D eigenvalue weighted by Crippen LogP contribution is -2.43. The highest BCUT2D eigenvalue weighted by molar-refractivity contribution is 5.96. The van der Waals surface area contributed by atoms with Gasteiger partial charge in [0, 0.05) is 17.7 Å². The lowest BCUT2D eigenvalue weighted by Gasteiger charge is -2.08. The van der Waals surface area contributed by atoms with E-state index in [1.165, 1.54) is 37.4 Å². The van der Waals surface area contributed by atoms with Gasteiger partial charge in [-0.05, 0) is 30.3 Å². The Kier molecular flexibility index (Phi) is 6.42. The minimum Gasteiger partial charge on any atom is -0.497 e. The summed E-state index contributed by atoms with van der Waals surface area (Å²) in [4.78, 5) is 45.4. The number of hydrazine groups is 1. The van der Waals surface area contributed by atoms with Crippen LogP contribution in [0, 0.1) is 10.1 Å². The van der Waals surface area contributed by atoms with Crippen LogP contribution in [0.25, 0.3) is 0 Å². The van der Waals surface area contributed by atoms with Crippen LogP contribution in [0.5, 0.6) is 5.75 Å². The molecule has 0 aromatic heterocycles. The summed E-state index contributed by atoms with van der Waals surface area (Å²) in [7, 11) is 1.49. The van der Waals surface area contributed by atoms with Gasteiger partial charge in [-0.3, -0.25) is 30.6 Å². The van der Waals surface area contributed by atoms with Gasteiger partial charge in [0.05, 0.1) is 17.6 Å². The monoisotopic (exact) mass is 373 g/mol. The van der Waals surface area contributed by atoms with E-state index in [1.807, 2.05) is 5.43 Å². The molecule has 0 unspecified atom stereocenters. The first-order valence-corrected chi connectivity index (χ1v) is 7.55. The Balaban J connectivity index is 1.81. The number of carbonyl (C=O) groups is 3. The third kappa shape index (κ3) is 5.53. The van der Waals surface area contributed by atoms with Crippen molar-refractivity contribution in [2.45, 2.75) is 0 Å². The molecule has 0 saturated heterocycles. The molecule has 0 heterocycles. The number of benzene rings is 2.